The number of anilines is 1. The number of carbonyl (C=O) groups excluding carboxylic acids is 2. The fraction of sp³-hybridized carbons (Fsp3) is 0.0500. The van der Waals surface area contributed by atoms with Crippen LogP contribution in [0, 0.1) is 0 Å². The van der Waals surface area contributed by atoms with E-state index >= 15 is 0 Å². The number of aromatic nitrogens is 4. The number of hydrogen-bond donors (Lipinski definition) is 4. The van der Waals surface area contributed by atoms with Gasteiger partial charge >= 0.3 is 0 Å². The van der Waals surface area contributed by atoms with Crippen LogP contribution in [0.25, 0.3) is 16.6 Å². The van der Waals surface area contributed by atoms with Crippen LogP contribution in [0.15, 0.2) is 60.8 Å². The van der Waals surface area contributed by atoms with Gasteiger partial charge in [-0.25, -0.2) is 5.48 Å². The van der Waals surface area contributed by atoms with Gasteiger partial charge in [-0.05, 0) is 42.0 Å². The maximum Gasteiger partial charge on any atom is 0.275 e. The molecule has 0 radical (unpaired) electrons. The topological polar surface area (TPSA) is 148 Å². The predicted octanol–water partition coefficient (Wildman–Crippen LogP) is 1.45. The summed E-state index contributed by atoms with van der Waals surface area (Å²) in [5, 5.41) is 20.6. The van der Waals surface area contributed by atoms with Crippen molar-refractivity contribution >= 4 is 28.5 Å². The van der Waals surface area contributed by atoms with E-state index in [4.69, 9.17) is 10.9 Å². The van der Waals surface area contributed by atoms with E-state index in [2.05, 4.69) is 20.5 Å². The van der Waals surface area contributed by atoms with Crippen molar-refractivity contribution in [1.29, 1.82) is 0 Å². The summed E-state index contributed by atoms with van der Waals surface area (Å²) in [6, 6.07) is 15.6. The standard InChI is InChI=1S/C20H17N7O3/c21-18-17(20(29)23-11-12-3-5-13(6-4-12)19(28)26-30)24-27(25-18)15-7-8-16-14(10-15)2-1-9-22-16/h1-10,30H,11H2,(H2,21,25)(H,23,29)(H,26,28). The number of nitrogens with one attached hydrogen (secondary N) is 2. The number of rotatable bonds is 5. The molecule has 0 saturated carbocycles. The molecule has 150 valence electrons. The zero-order valence-electron chi connectivity index (χ0n) is 15.6. The van der Waals surface area contributed by atoms with E-state index < -0.39 is 11.8 Å². The van der Waals surface area contributed by atoms with Crippen molar-refractivity contribution in [2.24, 2.45) is 0 Å². The first kappa shape index (κ1) is 19.0. The summed E-state index contributed by atoms with van der Waals surface area (Å²) in [6.07, 6.45) is 1.71. The molecule has 10 heteroatoms. The zero-order valence-corrected chi connectivity index (χ0v) is 15.6. The molecule has 0 saturated heterocycles. The Kier molecular flexibility index (Phi) is 5.06. The second-order valence-corrected chi connectivity index (χ2v) is 6.42. The normalized spacial score (nSPS) is 10.7. The molecule has 10 nitrogen and oxygen atoms in total. The highest BCUT2D eigenvalue weighted by Crippen LogP contribution is 2.17. The number of hydroxylamine groups is 1. The Morgan fingerprint density at radius 3 is 2.60 bits per heavy atom. The number of nitrogens with two attached hydrogens (primary N) is 1. The molecule has 2 aromatic heterocycles. The molecule has 5 N–H and O–H groups in total. The molecular formula is C20H17N7O3. The van der Waals surface area contributed by atoms with Crippen LogP contribution in [-0.2, 0) is 6.54 Å². The van der Waals surface area contributed by atoms with E-state index in [1.54, 1.807) is 29.9 Å². The summed E-state index contributed by atoms with van der Waals surface area (Å²) < 4.78 is 0. The van der Waals surface area contributed by atoms with Gasteiger partial charge in [0.05, 0.1) is 11.2 Å². The van der Waals surface area contributed by atoms with Crippen LogP contribution in [0.5, 0.6) is 0 Å². The van der Waals surface area contributed by atoms with E-state index in [0.717, 1.165) is 16.5 Å². The van der Waals surface area contributed by atoms with Gasteiger partial charge < -0.3 is 11.1 Å². The first-order chi connectivity index (χ1) is 14.5. The van der Waals surface area contributed by atoms with Crippen LogP contribution in [0.4, 0.5) is 5.82 Å². The lowest BCUT2D eigenvalue weighted by molar-refractivity contribution is 0.0706. The van der Waals surface area contributed by atoms with Gasteiger partial charge in [0, 0.05) is 23.7 Å². The summed E-state index contributed by atoms with van der Waals surface area (Å²) in [5.41, 5.74) is 10.0. The second-order valence-electron chi connectivity index (χ2n) is 6.42. The quantitative estimate of drug-likeness (QED) is 0.291. The van der Waals surface area contributed by atoms with Crippen LogP contribution in [0.3, 0.4) is 0 Å². The molecule has 4 rings (SSSR count). The monoisotopic (exact) mass is 403 g/mol. The average Bonchev–Trinajstić information content (AvgIpc) is 3.18. The highest BCUT2D eigenvalue weighted by Gasteiger charge is 2.17. The molecular weight excluding hydrogens is 386 g/mol. The van der Waals surface area contributed by atoms with Crippen LogP contribution in [0.2, 0.25) is 0 Å². The number of nitrogen functional groups attached to an aromatic ring is 1. The second kappa shape index (κ2) is 7.97. The molecule has 0 fully saturated rings. The summed E-state index contributed by atoms with van der Waals surface area (Å²) in [5.74, 6) is -1.08. The number of carbonyl (C=O) groups is 2. The molecule has 0 bridgehead atoms. The minimum Gasteiger partial charge on any atom is -0.380 e. The molecule has 2 heterocycles. The molecule has 2 amide bonds. The number of pyridine rings is 1. The first-order valence-corrected chi connectivity index (χ1v) is 8.95. The molecule has 4 aromatic rings. The lowest BCUT2D eigenvalue weighted by Crippen LogP contribution is -2.24. The van der Waals surface area contributed by atoms with Gasteiger partial charge in [0.2, 0.25) is 0 Å². The van der Waals surface area contributed by atoms with Gasteiger partial charge in [0.25, 0.3) is 11.8 Å². The van der Waals surface area contributed by atoms with Crippen LogP contribution in [-0.4, -0.2) is 37.0 Å². The van der Waals surface area contributed by atoms with Gasteiger partial charge in [-0.15, -0.1) is 15.0 Å². The molecule has 0 atom stereocenters. The Bertz CT molecular complexity index is 1230. The summed E-state index contributed by atoms with van der Waals surface area (Å²) in [6.45, 7) is 0.202. The number of nitrogens with zero attached hydrogens (tertiary/aromatic N) is 4. The minimum absolute atomic E-state index is 0.00810. The predicted molar refractivity (Wildman–Crippen MR) is 108 cm³/mol. The Hall–Kier alpha value is -4.31. The van der Waals surface area contributed by atoms with Crippen LogP contribution >= 0.6 is 0 Å². The number of hydrogen-bond acceptors (Lipinski definition) is 7. The number of benzene rings is 2. The van der Waals surface area contributed by atoms with Gasteiger partial charge in [0.15, 0.2) is 11.5 Å². The average molecular weight is 403 g/mol. The molecule has 0 aliphatic heterocycles. The fourth-order valence-electron chi connectivity index (χ4n) is 2.89. The van der Waals surface area contributed by atoms with Gasteiger partial charge in [-0.2, -0.15) is 0 Å². The summed E-state index contributed by atoms with van der Waals surface area (Å²) >= 11 is 0. The van der Waals surface area contributed by atoms with Crippen molar-refractivity contribution in [3.8, 4) is 5.69 Å². The molecule has 0 aliphatic rings. The highest BCUT2D eigenvalue weighted by atomic mass is 16.5. The lowest BCUT2D eigenvalue weighted by Gasteiger charge is -2.05. The van der Waals surface area contributed by atoms with E-state index in [1.165, 1.54) is 16.9 Å². The summed E-state index contributed by atoms with van der Waals surface area (Å²) in [4.78, 5) is 29.4. The molecule has 2 aromatic carbocycles. The fourth-order valence-corrected chi connectivity index (χ4v) is 2.89. The maximum absolute atomic E-state index is 12.5. The van der Waals surface area contributed by atoms with Crippen molar-refractivity contribution in [1.82, 2.24) is 30.8 Å². The van der Waals surface area contributed by atoms with E-state index in [-0.39, 0.29) is 18.1 Å². The first-order valence-electron chi connectivity index (χ1n) is 8.95. The minimum atomic E-state index is -0.612. The maximum atomic E-state index is 12.5. The van der Waals surface area contributed by atoms with Gasteiger partial charge in [-0.3, -0.25) is 19.8 Å². The van der Waals surface area contributed by atoms with E-state index in [0.29, 0.717) is 11.3 Å². The Balaban J connectivity index is 1.48. The van der Waals surface area contributed by atoms with Crippen molar-refractivity contribution in [2.75, 3.05) is 5.73 Å². The largest absolute Gasteiger partial charge is 0.380 e. The van der Waals surface area contributed by atoms with Crippen LogP contribution < -0.4 is 16.5 Å². The van der Waals surface area contributed by atoms with Crippen LogP contribution in [0.1, 0.15) is 26.4 Å². The van der Waals surface area contributed by atoms with Gasteiger partial charge in [-0.1, -0.05) is 18.2 Å². The third-order valence-electron chi connectivity index (χ3n) is 4.44. The SMILES string of the molecule is Nc1nn(-c2ccc3ncccc3c2)nc1C(=O)NCc1ccc(C(=O)NO)cc1. The number of fused-ring (bicyclic) bond motifs is 1. The molecule has 0 aliphatic carbocycles. The van der Waals surface area contributed by atoms with E-state index in [1.807, 2.05) is 24.3 Å². The summed E-state index contributed by atoms with van der Waals surface area (Å²) in [7, 11) is 0. The molecule has 30 heavy (non-hydrogen) atoms. The van der Waals surface area contributed by atoms with Gasteiger partial charge in [0.1, 0.15) is 0 Å². The number of amides is 2. The van der Waals surface area contributed by atoms with Crippen molar-refractivity contribution in [3.63, 3.8) is 0 Å². The van der Waals surface area contributed by atoms with Crippen molar-refractivity contribution in [2.45, 2.75) is 6.54 Å². The third kappa shape index (κ3) is 3.80. The lowest BCUT2D eigenvalue weighted by atomic mass is 10.1. The third-order valence-corrected chi connectivity index (χ3v) is 4.44. The Morgan fingerprint density at radius 2 is 1.83 bits per heavy atom. The van der Waals surface area contributed by atoms with Crippen molar-refractivity contribution in [3.05, 3.63) is 77.6 Å². The highest BCUT2D eigenvalue weighted by molar-refractivity contribution is 5.96. The molecule has 0 spiro atoms. The smallest absolute Gasteiger partial charge is 0.275 e. The van der Waals surface area contributed by atoms with Crippen molar-refractivity contribution < 1.29 is 14.8 Å². The Morgan fingerprint density at radius 1 is 1.03 bits per heavy atom. The molecule has 0 unspecified atom stereocenters. The zero-order chi connectivity index (χ0) is 21.1. The Labute approximate surface area is 170 Å². The van der Waals surface area contributed by atoms with E-state index in [9.17, 15) is 9.59 Å².